The molecule has 0 bridgehead atoms. The first-order chi connectivity index (χ1) is 9.03. The van der Waals surface area contributed by atoms with Crippen molar-refractivity contribution in [3.63, 3.8) is 0 Å². The van der Waals surface area contributed by atoms with Crippen molar-refractivity contribution in [3.05, 3.63) is 35.4 Å². The fourth-order valence-corrected chi connectivity index (χ4v) is 2.12. The van der Waals surface area contributed by atoms with Gasteiger partial charge in [-0.2, -0.15) is 0 Å². The van der Waals surface area contributed by atoms with E-state index in [4.69, 9.17) is 9.84 Å². The Kier molecular flexibility index (Phi) is 4.22. The van der Waals surface area contributed by atoms with Gasteiger partial charge in [-0.05, 0) is 17.0 Å². The van der Waals surface area contributed by atoms with Crippen LogP contribution in [0.2, 0.25) is 0 Å². The van der Waals surface area contributed by atoms with Gasteiger partial charge in [0.15, 0.2) is 0 Å². The molecule has 0 aliphatic carbocycles. The predicted octanol–water partition coefficient (Wildman–Crippen LogP) is 2.00. The highest BCUT2D eigenvalue weighted by atomic mass is 16.5. The largest absolute Gasteiger partial charge is 0.481 e. The minimum absolute atomic E-state index is 0.307. The van der Waals surface area contributed by atoms with Crippen molar-refractivity contribution in [2.75, 3.05) is 19.8 Å². The van der Waals surface area contributed by atoms with Crippen LogP contribution < -0.4 is 5.32 Å². The molecular formula is C15H21NO3. The summed E-state index contributed by atoms with van der Waals surface area (Å²) in [6.45, 7) is 6.09. The summed E-state index contributed by atoms with van der Waals surface area (Å²) in [7, 11) is 0. The van der Waals surface area contributed by atoms with Crippen LogP contribution in [0.25, 0.3) is 0 Å². The van der Waals surface area contributed by atoms with Gasteiger partial charge in [-0.1, -0.05) is 38.1 Å². The third kappa shape index (κ3) is 3.14. The highest BCUT2D eigenvalue weighted by Gasteiger charge is 2.45. The quantitative estimate of drug-likeness (QED) is 0.824. The Morgan fingerprint density at radius 3 is 2.42 bits per heavy atom. The molecule has 19 heavy (non-hydrogen) atoms. The molecular weight excluding hydrogens is 242 g/mol. The van der Waals surface area contributed by atoms with Crippen molar-refractivity contribution in [1.82, 2.24) is 5.32 Å². The Bertz CT molecular complexity index is 435. The van der Waals surface area contributed by atoms with Crippen molar-refractivity contribution in [1.29, 1.82) is 0 Å². The number of benzene rings is 1. The zero-order chi connectivity index (χ0) is 13.9. The molecule has 1 aromatic rings. The van der Waals surface area contributed by atoms with Crippen LogP contribution in [0, 0.1) is 5.41 Å². The van der Waals surface area contributed by atoms with E-state index in [0.29, 0.717) is 32.2 Å². The predicted molar refractivity (Wildman–Crippen MR) is 73.1 cm³/mol. The summed E-state index contributed by atoms with van der Waals surface area (Å²) >= 11 is 0. The molecule has 4 nitrogen and oxygen atoms in total. The Labute approximate surface area is 113 Å². The summed E-state index contributed by atoms with van der Waals surface area (Å²) in [5.74, 6) is -0.245. The first kappa shape index (κ1) is 14.0. The molecule has 0 atom stereocenters. The molecule has 0 saturated carbocycles. The van der Waals surface area contributed by atoms with Crippen molar-refractivity contribution >= 4 is 5.97 Å². The molecule has 4 heteroatoms. The molecule has 0 unspecified atom stereocenters. The van der Waals surface area contributed by atoms with Crippen LogP contribution in [0.4, 0.5) is 0 Å². The Morgan fingerprint density at radius 1 is 1.37 bits per heavy atom. The number of carbonyl (C=O) groups is 1. The van der Waals surface area contributed by atoms with Crippen LogP contribution in [0.3, 0.4) is 0 Å². The molecule has 1 aliphatic rings. The highest BCUT2D eigenvalue weighted by molar-refractivity contribution is 5.76. The average molecular weight is 263 g/mol. The molecule has 0 aromatic heterocycles. The summed E-state index contributed by atoms with van der Waals surface area (Å²) in [6, 6.07) is 8.43. The second-order valence-corrected chi connectivity index (χ2v) is 5.58. The van der Waals surface area contributed by atoms with Crippen molar-refractivity contribution < 1.29 is 14.6 Å². The van der Waals surface area contributed by atoms with Gasteiger partial charge >= 0.3 is 5.97 Å². The van der Waals surface area contributed by atoms with Crippen molar-refractivity contribution in [2.45, 2.75) is 26.3 Å². The van der Waals surface area contributed by atoms with Crippen LogP contribution >= 0.6 is 0 Å². The van der Waals surface area contributed by atoms with E-state index in [1.807, 2.05) is 0 Å². The normalized spacial score (nSPS) is 17.2. The smallest absolute Gasteiger partial charge is 0.315 e. The van der Waals surface area contributed by atoms with E-state index in [1.165, 1.54) is 11.1 Å². The number of carboxylic acids is 1. The standard InChI is InChI=1S/C15H21NO3/c1-11(2)13-5-3-12(4-6-13)7-16-8-15(14(17)18)9-19-10-15/h3-6,11,16H,7-10H2,1-2H3,(H,17,18). The minimum Gasteiger partial charge on any atom is -0.481 e. The second kappa shape index (κ2) is 5.72. The number of aliphatic carboxylic acids is 1. The molecule has 1 fully saturated rings. The van der Waals surface area contributed by atoms with E-state index in [1.54, 1.807) is 0 Å². The van der Waals surface area contributed by atoms with Gasteiger partial charge in [0.25, 0.3) is 0 Å². The van der Waals surface area contributed by atoms with E-state index in [0.717, 1.165) is 0 Å². The molecule has 2 N–H and O–H groups in total. The average Bonchev–Trinajstić information content (AvgIpc) is 2.32. The highest BCUT2D eigenvalue weighted by Crippen LogP contribution is 2.26. The van der Waals surface area contributed by atoms with Gasteiger partial charge in [0.2, 0.25) is 0 Å². The maximum absolute atomic E-state index is 11.1. The molecule has 1 aromatic carbocycles. The minimum atomic E-state index is -0.776. The number of rotatable bonds is 6. The number of nitrogens with one attached hydrogen (secondary N) is 1. The lowest BCUT2D eigenvalue weighted by Gasteiger charge is -2.37. The Hall–Kier alpha value is -1.39. The second-order valence-electron chi connectivity index (χ2n) is 5.58. The third-order valence-corrected chi connectivity index (χ3v) is 3.65. The Balaban J connectivity index is 1.84. The summed E-state index contributed by atoms with van der Waals surface area (Å²) in [5.41, 5.74) is 1.76. The fourth-order valence-electron chi connectivity index (χ4n) is 2.12. The SMILES string of the molecule is CC(C)c1ccc(CNCC2(C(=O)O)COC2)cc1. The van der Waals surface area contributed by atoms with Crippen LogP contribution in [0.5, 0.6) is 0 Å². The van der Waals surface area contributed by atoms with Crippen LogP contribution in [-0.2, 0) is 16.1 Å². The zero-order valence-electron chi connectivity index (χ0n) is 11.5. The molecule has 2 rings (SSSR count). The molecule has 0 amide bonds. The lowest BCUT2D eigenvalue weighted by atomic mass is 9.86. The van der Waals surface area contributed by atoms with Crippen LogP contribution in [0.15, 0.2) is 24.3 Å². The zero-order valence-corrected chi connectivity index (χ0v) is 11.5. The number of hydrogen-bond donors (Lipinski definition) is 2. The van der Waals surface area contributed by atoms with E-state index < -0.39 is 11.4 Å². The van der Waals surface area contributed by atoms with Gasteiger partial charge in [0.05, 0.1) is 13.2 Å². The van der Waals surface area contributed by atoms with Gasteiger partial charge in [-0.25, -0.2) is 0 Å². The summed E-state index contributed by atoms with van der Waals surface area (Å²) < 4.78 is 5.02. The fraction of sp³-hybridized carbons (Fsp3) is 0.533. The summed E-state index contributed by atoms with van der Waals surface area (Å²) in [4.78, 5) is 11.1. The summed E-state index contributed by atoms with van der Waals surface area (Å²) in [6.07, 6.45) is 0. The number of hydrogen-bond acceptors (Lipinski definition) is 3. The number of ether oxygens (including phenoxy) is 1. The third-order valence-electron chi connectivity index (χ3n) is 3.65. The van der Waals surface area contributed by atoms with Crippen molar-refractivity contribution in [2.24, 2.45) is 5.41 Å². The van der Waals surface area contributed by atoms with Crippen molar-refractivity contribution in [3.8, 4) is 0 Å². The maximum Gasteiger partial charge on any atom is 0.315 e. The van der Waals surface area contributed by atoms with Crippen LogP contribution in [0.1, 0.15) is 30.9 Å². The van der Waals surface area contributed by atoms with E-state index in [2.05, 4.69) is 43.4 Å². The van der Waals surface area contributed by atoms with Crippen LogP contribution in [-0.4, -0.2) is 30.8 Å². The monoisotopic (exact) mass is 263 g/mol. The van der Waals surface area contributed by atoms with E-state index >= 15 is 0 Å². The molecule has 104 valence electrons. The topological polar surface area (TPSA) is 58.6 Å². The van der Waals surface area contributed by atoms with Gasteiger partial charge in [0, 0.05) is 13.1 Å². The van der Waals surface area contributed by atoms with Gasteiger partial charge in [-0.15, -0.1) is 0 Å². The number of carboxylic acid groups (broad SMARTS) is 1. The lowest BCUT2D eigenvalue weighted by Crippen LogP contribution is -2.55. The molecule has 1 saturated heterocycles. The van der Waals surface area contributed by atoms with E-state index in [-0.39, 0.29) is 0 Å². The first-order valence-electron chi connectivity index (χ1n) is 6.64. The Morgan fingerprint density at radius 2 is 2.00 bits per heavy atom. The van der Waals surface area contributed by atoms with Gasteiger partial charge in [0.1, 0.15) is 5.41 Å². The van der Waals surface area contributed by atoms with Gasteiger partial charge < -0.3 is 15.2 Å². The summed E-state index contributed by atoms with van der Waals surface area (Å²) in [5, 5.41) is 12.4. The first-order valence-corrected chi connectivity index (χ1v) is 6.64. The lowest BCUT2D eigenvalue weighted by molar-refractivity contribution is -0.178. The molecule has 1 heterocycles. The molecule has 0 spiro atoms. The molecule has 0 radical (unpaired) electrons. The van der Waals surface area contributed by atoms with Gasteiger partial charge in [-0.3, -0.25) is 4.79 Å². The maximum atomic E-state index is 11.1. The molecule has 1 aliphatic heterocycles. The van der Waals surface area contributed by atoms with E-state index in [9.17, 15) is 4.79 Å².